The smallest absolute Gasteiger partial charge is 0.103 e. The molecule has 0 saturated carbocycles. The van der Waals surface area contributed by atoms with E-state index in [1.807, 2.05) is 0 Å². The average molecular weight is 388 g/mol. The molecule has 0 spiro atoms. The summed E-state index contributed by atoms with van der Waals surface area (Å²) < 4.78 is 0. The molecule has 29 heavy (non-hydrogen) atoms. The lowest BCUT2D eigenvalue weighted by molar-refractivity contribution is 1.15. The molecule has 0 aliphatic carbocycles. The highest BCUT2D eigenvalue weighted by Gasteiger charge is 2.08. The van der Waals surface area contributed by atoms with Gasteiger partial charge in [0.1, 0.15) is 10.1 Å². The molecule has 3 heteroatoms. The highest BCUT2D eigenvalue weighted by Crippen LogP contribution is 2.32. The standard InChI is InChI=1S/C26H16N2S/c1-3-7-21-17(5-1)9-11-19-13-15-23(27-25(19)21)29-24-16-14-20-12-10-18-6-2-4-8-22(18)26(20)28-24/h1-16H. The monoisotopic (exact) mass is 388 g/mol. The maximum Gasteiger partial charge on any atom is 0.103 e. The van der Waals surface area contributed by atoms with Crippen molar-refractivity contribution in [2.45, 2.75) is 10.1 Å². The van der Waals surface area contributed by atoms with E-state index in [2.05, 4.69) is 97.1 Å². The number of benzene rings is 4. The number of pyridine rings is 2. The Morgan fingerprint density at radius 1 is 0.414 bits per heavy atom. The number of hydrogen-bond donors (Lipinski definition) is 0. The van der Waals surface area contributed by atoms with Gasteiger partial charge in [-0.1, -0.05) is 96.7 Å². The van der Waals surface area contributed by atoms with Crippen LogP contribution in [0.2, 0.25) is 0 Å². The van der Waals surface area contributed by atoms with Gasteiger partial charge in [-0.15, -0.1) is 0 Å². The van der Waals surface area contributed by atoms with Gasteiger partial charge in [0.2, 0.25) is 0 Å². The summed E-state index contributed by atoms with van der Waals surface area (Å²) >= 11 is 1.61. The lowest BCUT2D eigenvalue weighted by Gasteiger charge is -2.07. The van der Waals surface area contributed by atoms with Gasteiger partial charge < -0.3 is 0 Å². The summed E-state index contributed by atoms with van der Waals surface area (Å²) in [6, 6.07) is 33.8. The van der Waals surface area contributed by atoms with Crippen molar-refractivity contribution in [3.05, 3.63) is 97.1 Å². The van der Waals surface area contributed by atoms with Crippen LogP contribution in [0.15, 0.2) is 107 Å². The number of rotatable bonds is 2. The number of nitrogens with zero attached hydrogens (tertiary/aromatic N) is 2. The van der Waals surface area contributed by atoms with Crippen LogP contribution < -0.4 is 0 Å². The topological polar surface area (TPSA) is 25.8 Å². The molecule has 0 radical (unpaired) electrons. The molecule has 4 aromatic carbocycles. The Labute approximate surface area is 172 Å². The molecule has 0 unspecified atom stereocenters. The molecule has 0 saturated heterocycles. The van der Waals surface area contributed by atoms with Gasteiger partial charge in [0.05, 0.1) is 11.0 Å². The van der Waals surface area contributed by atoms with E-state index in [4.69, 9.17) is 9.97 Å². The summed E-state index contributed by atoms with van der Waals surface area (Å²) in [5.41, 5.74) is 2.08. The number of hydrogen-bond acceptors (Lipinski definition) is 3. The molecule has 0 N–H and O–H groups in total. The van der Waals surface area contributed by atoms with E-state index in [1.165, 1.54) is 21.5 Å². The fourth-order valence-electron chi connectivity index (χ4n) is 3.90. The first-order chi connectivity index (χ1) is 14.3. The molecule has 0 aliphatic rings. The Kier molecular flexibility index (Phi) is 3.74. The Morgan fingerprint density at radius 2 is 0.828 bits per heavy atom. The minimum Gasteiger partial charge on any atom is -0.240 e. The molecular formula is C26H16N2S. The van der Waals surface area contributed by atoms with Gasteiger partial charge in [0, 0.05) is 21.5 Å². The lowest BCUT2D eigenvalue weighted by atomic mass is 10.1. The maximum atomic E-state index is 4.96. The molecule has 0 aliphatic heterocycles. The Balaban J connectivity index is 1.48. The quantitative estimate of drug-likeness (QED) is 0.292. The lowest BCUT2D eigenvalue weighted by Crippen LogP contribution is -1.88. The van der Waals surface area contributed by atoms with Crippen molar-refractivity contribution in [3.8, 4) is 0 Å². The molecule has 6 rings (SSSR count). The van der Waals surface area contributed by atoms with Crippen LogP contribution in [0.1, 0.15) is 0 Å². The molecule has 0 atom stereocenters. The SMILES string of the molecule is c1ccc2c(c1)ccc1ccc(Sc3ccc4ccc5ccccc5c4n3)nc12. The van der Waals surface area contributed by atoms with Crippen molar-refractivity contribution in [2.24, 2.45) is 0 Å². The highest BCUT2D eigenvalue weighted by atomic mass is 32.2. The van der Waals surface area contributed by atoms with E-state index < -0.39 is 0 Å². The molecule has 0 amide bonds. The molecular weight excluding hydrogens is 372 g/mol. The fourth-order valence-corrected chi connectivity index (χ4v) is 4.66. The Bertz CT molecular complexity index is 1420. The summed E-state index contributed by atoms with van der Waals surface area (Å²) in [6.45, 7) is 0. The van der Waals surface area contributed by atoms with Crippen LogP contribution in [-0.4, -0.2) is 9.97 Å². The third-order valence-electron chi connectivity index (χ3n) is 5.33. The van der Waals surface area contributed by atoms with Crippen LogP contribution in [0.5, 0.6) is 0 Å². The van der Waals surface area contributed by atoms with Crippen LogP contribution in [0.4, 0.5) is 0 Å². The van der Waals surface area contributed by atoms with Crippen LogP contribution >= 0.6 is 11.8 Å². The maximum absolute atomic E-state index is 4.96. The largest absolute Gasteiger partial charge is 0.240 e. The third-order valence-corrected chi connectivity index (χ3v) is 6.20. The van der Waals surface area contributed by atoms with Gasteiger partial charge >= 0.3 is 0 Å². The molecule has 6 aromatic rings. The summed E-state index contributed by atoms with van der Waals surface area (Å²) in [6.07, 6.45) is 0. The first-order valence-electron chi connectivity index (χ1n) is 9.60. The highest BCUT2D eigenvalue weighted by molar-refractivity contribution is 7.99. The van der Waals surface area contributed by atoms with Gasteiger partial charge in [-0.25, -0.2) is 9.97 Å². The van der Waals surface area contributed by atoms with E-state index in [0.29, 0.717) is 0 Å². The van der Waals surface area contributed by atoms with Gasteiger partial charge in [0.15, 0.2) is 0 Å². The number of fused-ring (bicyclic) bond motifs is 6. The van der Waals surface area contributed by atoms with E-state index in [-0.39, 0.29) is 0 Å². The van der Waals surface area contributed by atoms with E-state index in [9.17, 15) is 0 Å². The normalized spacial score (nSPS) is 11.6. The zero-order valence-corrected chi connectivity index (χ0v) is 16.4. The second-order valence-corrected chi connectivity index (χ2v) is 8.16. The van der Waals surface area contributed by atoms with Gasteiger partial charge in [0.25, 0.3) is 0 Å². The number of aromatic nitrogens is 2. The minimum absolute atomic E-state index is 0.959. The third kappa shape index (κ3) is 2.82. The van der Waals surface area contributed by atoms with Crippen molar-refractivity contribution in [3.63, 3.8) is 0 Å². The van der Waals surface area contributed by atoms with Crippen molar-refractivity contribution in [1.82, 2.24) is 9.97 Å². The zero-order chi connectivity index (χ0) is 19.2. The van der Waals surface area contributed by atoms with Crippen molar-refractivity contribution >= 4 is 55.1 Å². The van der Waals surface area contributed by atoms with Crippen molar-refractivity contribution in [2.75, 3.05) is 0 Å². The summed E-state index contributed by atoms with van der Waals surface area (Å²) in [7, 11) is 0. The minimum atomic E-state index is 0.959. The molecule has 2 nitrogen and oxygen atoms in total. The van der Waals surface area contributed by atoms with Gasteiger partial charge in [-0.3, -0.25) is 0 Å². The zero-order valence-electron chi connectivity index (χ0n) is 15.5. The van der Waals surface area contributed by atoms with Gasteiger partial charge in [-0.2, -0.15) is 0 Å². The summed E-state index contributed by atoms with van der Waals surface area (Å²) in [5.74, 6) is 0. The van der Waals surface area contributed by atoms with E-state index in [1.54, 1.807) is 11.8 Å². The van der Waals surface area contributed by atoms with E-state index in [0.717, 1.165) is 31.9 Å². The first-order valence-corrected chi connectivity index (χ1v) is 10.4. The molecule has 2 aromatic heterocycles. The summed E-state index contributed by atoms with van der Waals surface area (Å²) in [5, 5.41) is 9.03. The van der Waals surface area contributed by atoms with Crippen LogP contribution in [0.25, 0.3) is 43.4 Å². The summed E-state index contributed by atoms with van der Waals surface area (Å²) in [4.78, 5) is 9.93. The van der Waals surface area contributed by atoms with Crippen LogP contribution in [-0.2, 0) is 0 Å². The average Bonchev–Trinajstić information content (AvgIpc) is 2.79. The fraction of sp³-hybridized carbons (Fsp3) is 0. The Morgan fingerprint density at radius 3 is 1.34 bits per heavy atom. The second kappa shape index (κ2) is 6.57. The second-order valence-electron chi connectivity index (χ2n) is 7.12. The first kappa shape index (κ1) is 16.5. The van der Waals surface area contributed by atoms with E-state index >= 15 is 0 Å². The van der Waals surface area contributed by atoms with Crippen molar-refractivity contribution < 1.29 is 0 Å². The Hall–Kier alpha value is -3.43. The van der Waals surface area contributed by atoms with Crippen LogP contribution in [0.3, 0.4) is 0 Å². The van der Waals surface area contributed by atoms with Crippen LogP contribution in [0, 0.1) is 0 Å². The van der Waals surface area contributed by atoms with Gasteiger partial charge in [-0.05, 0) is 22.9 Å². The predicted molar refractivity (Wildman–Crippen MR) is 123 cm³/mol. The van der Waals surface area contributed by atoms with Crippen molar-refractivity contribution in [1.29, 1.82) is 0 Å². The molecule has 0 bridgehead atoms. The molecule has 2 heterocycles. The predicted octanol–water partition coefficient (Wildman–Crippen LogP) is 7.24. The molecule has 0 fully saturated rings. The molecule has 136 valence electrons.